The predicted molar refractivity (Wildman–Crippen MR) is 98.9 cm³/mol. The molecule has 2 saturated heterocycles. The molecule has 1 radical (unpaired) electrons. The van der Waals surface area contributed by atoms with E-state index in [1.165, 1.54) is 25.0 Å². The first kappa shape index (κ1) is 24.3. The zero-order chi connectivity index (χ0) is 18.8. The molecule has 0 N–H and O–H groups in total. The van der Waals surface area contributed by atoms with Crippen molar-refractivity contribution in [1.82, 2.24) is 0 Å². The Balaban J connectivity index is 0.000000310. The number of halogens is 2. The van der Waals surface area contributed by atoms with Crippen molar-refractivity contribution in [3.05, 3.63) is 51.6 Å². The van der Waals surface area contributed by atoms with Crippen LogP contribution in [0.5, 0.6) is 0 Å². The molecule has 2 heterocycles. The van der Waals surface area contributed by atoms with E-state index in [9.17, 15) is 8.78 Å². The van der Waals surface area contributed by atoms with Crippen LogP contribution in [-0.2, 0) is 37.4 Å². The summed E-state index contributed by atoms with van der Waals surface area (Å²) in [5.41, 5.74) is 1.43. The van der Waals surface area contributed by atoms with E-state index >= 15 is 0 Å². The van der Waals surface area contributed by atoms with Crippen LogP contribution >= 0.6 is 0 Å². The van der Waals surface area contributed by atoms with Gasteiger partial charge in [-0.05, 0) is 30.9 Å². The van der Waals surface area contributed by atoms with Gasteiger partial charge in [0.2, 0.25) is 0 Å². The molecule has 0 atom stereocenters. The average Bonchev–Trinajstić information content (AvgIpc) is 2.67. The standard InChI is InChI=1S/C13H11F2N2.C7H14NO.Y/c14-10-1-2-11(13(15)7-10)12(8-16)9-3-5-17-6-4-9;1-9-6-7-2-4-8-5-3-7;/h1-2,7H,3-6H2;7H,2-6H2,1H3;/q2*-1;. The Labute approximate surface area is 185 Å². The van der Waals surface area contributed by atoms with Gasteiger partial charge in [0.15, 0.2) is 0 Å². The molecule has 7 heteroatoms. The van der Waals surface area contributed by atoms with Crippen molar-refractivity contribution in [2.24, 2.45) is 5.92 Å². The van der Waals surface area contributed by atoms with Crippen LogP contribution < -0.4 is 0 Å². The number of nitriles is 1. The number of nitrogens with zero attached hydrogens (tertiary/aromatic N) is 3. The van der Waals surface area contributed by atoms with Gasteiger partial charge in [0.05, 0.1) is 11.6 Å². The smallest absolute Gasteiger partial charge is 0.134 e. The summed E-state index contributed by atoms with van der Waals surface area (Å²) in [5, 5.41) is 17.6. The minimum atomic E-state index is -0.684. The largest absolute Gasteiger partial charge is 0.662 e. The van der Waals surface area contributed by atoms with E-state index in [0.29, 0.717) is 31.5 Å². The van der Waals surface area contributed by atoms with Gasteiger partial charge in [-0.25, -0.2) is 8.78 Å². The number of hydrogen-bond donors (Lipinski definition) is 0. The van der Waals surface area contributed by atoms with Crippen molar-refractivity contribution in [2.45, 2.75) is 25.7 Å². The van der Waals surface area contributed by atoms with Crippen LogP contribution in [0.3, 0.4) is 0 Å². The molecule has 2 aliphatic heterocycles. The monoisotopic (exact) mass is 450 g/mol. The maximum atomic E-state index is 13.6. The second kappa shape index (κ2) is 13.5. The van der Waals surface area contributed by atoms with Crippen molar-refractivity contribution < 1.29 is 46.2 Å². The molecular weight excluding hydrogens is 425 g/mol. The number of ether oxygens (including phenoxy) is 1. The topological polar surface area (TPSA) is 61.2 Å². The number of methoxy groups -OCH3 is 1. The Morgan fingerprint density at radius 2 is 1.78 bits per heavy atom. The molecule has 2 fully saturated rings. The number of allylic oxidation sites excluding steroid dienone is 1. The molecule has 0 bridgehead atoms. The van der Waals surface area contributed by atoms with E-state index in [2.05, 4.69) is 10.6 Å². The minimum Gasteiger partial charge on any atom is -0.662 e. The SMILES string of the molecule is COCC1CC[N-]CC1.N#CC(=C1CC[N-]CC1)c1ccc(F)cc1F.[Y]. The Hall–Kier alpha value is -0.706. The first-order valence-electron chi connectivity index (χ1n) is 8.98. The normalized spacial score (nSPS) is 17.2. The Morgan fingerprint density at radius 1 is 1.15 bits per heavy atom. The number of piperidine rings is 2. The molecule has 145 valence electrons. The Morgan fingerprint density at radius 3 is 2.33 bits per heavy atom. The van der Waals surface area contributed by atoms with E-state index in [4.69, 9.17) is 10.00 Å². The molecule has 2 aliphatic rings. The molecule has 1 aromatic carbocycles. The third-order valence-corrected chi connectivity index (χ3v) is 4.60. The van der Waals surface area contributed by atoms with Gasteiger partial charge in [0.1, 0.15) is 11.6 Å². The first-order valence-corrected chi connectivity index (χ1v) is 8.98. The summed E-state index contributed by atoms with van der Waals surface area (Å²) in [5.74, 6) is -0.531. The molecule has 0 saturated carbocycles. The fourth-order valence-electron chi connectivity index (χ4n) is 3.14. The minimum absolute atomic E-state index is 0. The van der Waals surface area contributed by atoms with Gasteiger partial charge in [-0.15, -0.1) is 26.2 Å². The first-order chi connectivity index (χ1) is 12.7. The molecule has 0 aliphatic carbocycles. The van der Waals surface area contributed by atoms with Crippen molar-refractivity contribution in [3.63, 3.8) is 0 Å². The van der Waals surface area contributed by atoms with Gasteiger partial charge in [-0.2, -0.15) is 5.26 Å². The molecule has 1 aromatic rings. The second-order valence-corrected chi connectivity index (χ2v) is 6.45. The average molecular weight is 450 g/mol. The van der Waals surface area contributed by atoms with Gasteiger partial charge in [-0.3, -0.25) is 0 Å². The maximum absolute atomic E-state index is 13.6. The zero-order valence-corrected chi connectivity index (χ0v) is 18.6. The van der Waals surface area contributed by atoms with Crippen LogP contribution in [0.2, 0.25) is 0 Å². The van der Waals surface area contributed by atoms with Gasteiger partial charge in [-0.1, -0.05) is 18.4 Å². The fourth-order valence-corrected chi connectivity index (χ4v) is 3.14. The van der Waals surface area contributed by atoms with Crippen LogP contribution in [0.25, 0.3) is 16.2 Å². The van der Waals surface area contributed by atoms with E-state index in [-0.39, 0.29) is 38.3 Å². The van der Waals surface area contributed by atoms with Crippen molar-refractivity contribution in [2.75, 3.05) is 39.9 Å². The van der Waals surface area contributed by atoms with Crippen molar-refractivity contribution in [1.29, 1.82) is 5.26 Å². The summed E-state index contributed by atoms with van der Waals surface area (Å²) in [6, 6.07) is 5.32. The number of benzene rings is 1. The van der Waals surface area contributed by atoms with Crippen LogP contribution in [-0.4, -0.2) is 39.9 Å². The fraction of sp³-hybridized carbons (Fsp3) is 0.550. The molecule has 27 heavy (non-hydrogen) atoms. The van der Waals surface area contributed by atoms with Gasteiger partial charge in [0.25, 0.3) is 0 Å². The van der Waals surface area contributed by atoms with Gasteiger partial charge < -0.3 is 15.4 Å². The molecule has 0 amide bonds. The Kier molecular flexibility index (Phi) is 12.1. The molecule has 3 rings (SSSR count). The maximum Gasteiger partial charge on any atom is 0.134 e. The van der Waals surface area contributed by atoms with E-state index < -0.39 is 11.6 Å². The molecular formula is C20H25F2N3OY-2. The number of rotatable bonds is 3. The van der Waals surface area contributed by atoms with E-state index in [1.807, 2.05) is 6.07 Å². The van der Waals surface area contributed by atoms with Gasteiger partial charge >= 0.3 is 0 Å². The summed E-state index contributed by atoms with van der Waals surface area (Å²) in [4.78, 5) is 0. The summed E-state index contributed by atoms with van der Waals surface area (Å²) < 4.78 is 31.4. The van der Waals surface area contributed by atoms with E-state index in [0.717, 1.165) is 37.3 Å². The van der Waals surface area contributed by atoms with Crippen LogP contribution in [0, 0.1) is 28.9 Å². The van der Waals surface area contributed by atoms with Crippen LogP contribution in [0.4, 0.5) is 8.78 Å². The summed E-state index contributed by atoms with van der Waals surface area (Å²) in [6.45, 7) is 4.37. The molecule has 0 aromatic heterocycles. The Bertz CT molecular complexity index is 644. The van der Waals surface area contributed by atoms with Crippen molar-refractivity contribution in [3.8, 4) is 6.07 Å². The molecule has 4 nitrogen and oxygen atoms in total. The summed E-state index contributed by atoms with van der Waals surface area (Å²) in [6.07, 6.45) is 3.82. The zero-order valence-electron chi connectivity index (χ0n) is 15.8. The second-order valence-electron chi connectivity index (χ2n) is 6.45. The summed E-state index contributed by atoms with van der Waals surface area (Å²) in [7, 11) is 1.77. The third kappa shape index (κ3) is 8.05. The van der Waals surface area contributed by atoms with Crippen LogP contribution in [0.15, 0.2) is 23.8 Å². The number of hydrogen-bond acceptors (Lipinski definition) is 2. The predicted octanol–water partition coefficient (Wildman–Crippen LogP) is 4.82. The molecule has 0 spiro atoms. The van der Waals surface area contributed by atoms with Gasteiger partial charge in [0, 0.05) is 58.1 Å². The van der Waals surface area contributed by atoms with Crippen LogP contribution in [0.1, 0.15) is 31.2 Å². The van der Waals surface area contributed by atoms with Crippen molar-refractivity contribution >= 4 is 5.57 Å². The third-order valence-electron chi connectivity index (χ3n) is 4.60. The quantitative estimate of drug-likeness (QED) is 0.620. The van der Waals surface area contributed by atoms with E-state index in [1.54, 1.807) is 7.11 Å². The summed E-state index contributed by atoms with van der Waals surface area (Å²) >= 11 is 0. The molecule has 0 unspecified atom stereocenters.